The van der Waals surface area contributed by atoms with E-state index in [0.29, 0.717) is 11.9 Å². The van der Waals surface area contributed by atoms with Gasteiger partial charge in [-0.25, -0.2) is 0 Å². The second-order valence-corrected chi connectivity index (χ2v) is 3.61. The normalized spacial score (nSPS) is 23.2. The Morgan fingerprint density at radius 1 is 1.62 bits per heavy atom. The molecule has 1 aliphatic rings. The van der Waals surface area contributed by atoms with Crippen molar-refractivity contribution in [2.24, 2.45) is 5.92 Å². The van der Waals surface area contributed by atoms with Crippen LogP contribution in [0.3, 0.4) is 0 Å². The fraction of sp³-hybridized carbons (Fsp3) is 0.455. The van der Waals surface area contributed by atoms with Crippen LogP contribution >= 0.6 is 0 Å². The molecule has 0 amide bonds. The Balaban J connectivity index is 3.01. The minimum Gasteiger partial charge on any atom is -0.298 e. The van der Waals surface area contributed by atoms with Gasteiger partial charge < -0.3 is 0 Å². The standard InChI is InChI=1S/C11H14O2/c1-7(2)9-5-4-8(3)10(6-12)11(9)13/h6,9H,1,4-5H2,2-3H3/t9-/m1/s1. The summed E-state index contributed by atoms with van der Waals surface area (Å²) in [4.78, 5) is 22.3. The van der Waals surface area contributed by atoms with Gasteiger partial charge in [-0.1, -0.05) is 17.7 Å². The molecule has 0 aromatic rings. The van der Waals surface area contributed by atoms with E-state index in [9.17, 15) is 9.59 Å². The maximum atomic E-state index is 11.7. The quantitative estimate of drug-likeness (QED) is 0.368. The van der Waals surface area contributed by atoms with Crippen molar-refractivity contribution in [2.45, 2.75) is 26.7 Å². The molecule has 0 saturated heterocycles. The SMILES string of the molecule is C=C(C)[C@H]1CCC(C)=C(C=O)C1=O. The summed E-state index contributed by atoms with van der Waals surface area (Å²) in [6, 6.07) is 0. The lowest BCUT2D eigenvalue weighted by Gasteiger charge is -2.22. The van der Waals surface area contributed by atoms with Gasteiger partial charge in [-0.15, -0.1) is 0 Å². The molecule has 0 saturated carbocycles. The van der Waals surface area contributed by atoms with Crippen LogP contribution in [0.15, 0.2) is 23.3 Å². The summed E-state index contributed by atoms with van der Waals surface area (Å²) in [6.45, 7) is 7.45. The molecular weight excluding hydrogens is 164 g/mol. The molecule has 0 heterocycles. The third-order valence-corrected chi connectivity index (χ3v) is 2.56. The predicted octanol–water partition coefficient (Wildman–Crippen LogP) is 2.06. The molecule has 13 heavy (non-hydrogen) atoms. The number of carbonyl (C=O) groups excluding carboxylic acids is 2. The Morgan fingerprint density at radius 2 is 2.23 bits per heavy atom. The number of aldehydes is 1. The highest BCUT2D eigenvalue weighted by Crippen LogP contribution is 2.29. The molecule has 0 radical (unpaired) electrons. The van der Waals surface area contributed by atoms with Crippen LogP contribution in [-0.2, 0) is 9.59 Å². The van der Waals surface area contributed by atoms with Crippen molar-refractivity contribution >= 4 is 12.1 Å². The molecule has 0 spiro atoms. The lowest BCUT2D eigenvalue weighted by atomic mass is 9.80. The largest absolute Gasteiger partial charge is 0.298 e. The van der Waals surface area contributed by atoms with Gasteiger partial charge in [0.25, 0.3) is 0 Å². The zero-order valence-electron chi connectivity index (χ0n) is 8.09. The smallest absolute Gasteiger partial charge is 0.173 e. The Labute approximate surface area is 78.3 Å². The predicted molar refractivity (Wildman–Crippen MR) is 51.3 cm³/mol. The highest BCUT2D eigenvalue weighted by molar-refractivity contribution is 6.14. The molecule has 1 rings (SSSR count). The van der Waals surface area contributed by atoms with E-state index in [1.54, 1.807) is 0 Å². The Morgan fingerprint density at radius 3 is 2.69 bits per heavy atom. The summed E-state index contributed by atoms with van der Waals surface area (Å²) in [7, 11) is 0. The molecule has 0 fully saturated rings. The lowest BCUT2D eigenvalue weighted by molar-refractivity contribution is -0.120. The molecule has 0 aliphatic heterocycles. The molecule has 2 nitrogen and oxygen atoms in total. The fourth-order valence-electron chi connectivity index (χ4n) is 1.65. The molecule has 0 bridgehead atoms. The monoisotopic (exact) mass is 178 g/mol. The van der Waals surface area contributed by atoms with Crippen molar-refractivity contribution in [2.75, 3.05) is 0 Å². The average molecular weight is 178 g/mol. The van der Waals surface area contributed by atoms with Gasteiger partial charge in [0.1, 0.15) is 0 Å². The molecule has 70 valence electrons. The number of rotatable bonds is 2. The highest BCUT2D eigenvalue weighted by Gasteiger charge is 2.27. The minimum absolute atomic E-state index is 0.0498. The topological polar surface area (TPSA) is 34.1 Å². The number of hydrogen-bond donors (Lipinski definition) is 0. The maximum absolute atomic E-state index is 11.7. The molecular formula is C11H14O2. The molecule has 2 heteroatoms. The summed E-state index contributed by atoms with van der Waals surface area (Å²) in [5.41, 5.74) is 2.13. The van der Waals surface area contributed by atoms with Crippen molar-refractivity contribution in [1.29, 1.82) is 0 Å². The summed E-state index contributed by atoms with van der Waals surface area (Å²) >= 11 is 0. The van der Waals surface area contributed by atoms with E-state index in [1.807, 2.05) is 13.8 Å². The second-order valence-electron chi connectivity index (χ2n) is 3.61. The number of allylic oxidation sites excluding steroid dienone is 3. The number of Topliss-reactive ketones (excluding diaryl/α,β-unsaturated/α-hetero) is 1. The van der Waals surface area contributed by atoms with Crippen LogP contribution in [0.4, 0.5) is 0 Å². The first kappa shape index (κ1) is 9.90. The van der Waals surface area contributed by atoms with Gasteiger partial charge in [0.15, 0.2) is 12.1 Å². The van der Waals surface area contributed by atoms with Crippen LogP contribution in [0.1, 0.15) is 26.7 Å². The van der Waals surface area contributed by atoms with Gasteiger partial charge in [0.2, 0.25) is 0 Å². The first-order valence-corrected chi connectivity index (χ1v) is 4.42. The summed E-state index contributed by atoms with van der Waals surface area (Å²) in [5, 5.41) is 0. The molecule has 0 aromatic heterocycles. The van der Waals surface area contributed by atoms with Crippen LogP contribution in [0, 0.1) is 5.92 Å². The molecule has 0 aromatic carbocycles. The summed E-state index contributed by atoms with van der Waals surface area (Å²) in [5.74, 6) is -0.185. The van der Waals surface area contributed by atoms with E-state index in [4.69, 9.17) is 0 Å². The Bertz CT molecular complexity index is 297. The van der Waals surface area contributed by atoms with E-state index in [2.05, 4.69) is 6.58 Å². The minimum atomic E-state index is -0.135. The number of hydrogen-bond acceptors (Lipinski definition) is 2. The first-order chi connectivity index (χ1) is 6.07. The zero-order chi connectivity index (χ0) is 10.0. The van der Waals surface area contributed by atoms with E-state index in [0.717, 1.165) is 24.0 Å². The van der Waals surface area contributed by atoms with E-state index in [-0.39, 0.29) is 11.7 Å². The van der Waals surface area contributed by atoms with Crippen LogP contribution < -0.4 is 0 Å². The molecule has 1 aliphatic carbocycles. The fourth-order valence-corrected chi connectivity index (χ4v) is 1.65. The van der Waals surface area contributed by atoms with Crippen molar-refractivity contribution in [1.82, 2.24) is 0 Å². The Kier molecular flexibility index (Phi) is 2.81. The number of carbonyl (C=O) groups is 2. The third kappa shape index (κ3) is 1.77. The number of ketones is 1. The van der Waals surface area contributed by atoms with E-state index < -0.39 is 0 Å². The van der Waals surface area contributed by atoms with Crippen molar-refractivity contribution in [3.8, 4) is 0 Å². The van der Waals surface area contributed by atoms with Gasteiger partial charge in [-0.3, -0.25) is 9.59 Å². The third-order valence-electron chi connectivity index (χ3n) is 2.56. The van der Waals surface area contributed by atoms with Crippen molar-refractivity contribution in [3.05, 3.63) is 23.3 Å². The van der Waals surface area contributed by atoms with Gasteiger partial charge >= 0.3 is 0 Å². The van der Waals surface area contributed by atoms with Crippen LogP contribution in [0.5, 0.6) is 0 Å². The second kappa shape index (κ2) is 3.69. The molecule has 0 unspecified atom stereocenters. The molecule has 0 N–H and O–H groups in total. The average Bonchev–Trinajstić information content (AvgIpc) is 2.04. The van der Waals surface area contributed by atoms with Crippen molar-refractivity contribution in [3.63, 3.8) is 0 Å². The van der Waals surface area contributed by atoms with Gasteiger partial charge in [0, 0.05) is 5.92 Å². The first-order valence-electron chi connectivity index (χ1n) is 4.42. The zero-order valence-corrected chi connectivity index (χ0v) is 8.09. The summed E-state index contributed by atoms with van der Waals surface area (Å²) in [6.07, 6.45) is 2.31. The van der Waals surface area contributed by atoms with Gasteiger partial charge in [-0.05, 0) is 26.7 Å². The van der Waals surface area contributed by atoms with E-state index in [1.165, 1.54) is 0 Å². The van der Waals surface area contributed by atoms with Gasteiger partial charge in [-0.2, -0.15) is 0 Å². The molecule has 1 atom stereocenters. The Hall–Kier alpha value is -1.18. The maximum Gasteiger partial charge on any atom is 0.173 e. The lowest BCUT2D eigenvalue weighted by Crippen LogP contribution is -2.23. The van der Waals surface area contributed by atoms with E-state index >= 15 is 0 Å². The highest BCUT2D eigenvalue weighted by atomic mass is 16.1. The van der Waals surface area contributed by atoms with Gasteiger partial charge in [0.05, 0.1) is 5.57 Å². The van der Waals surface area contributed by atoms with Crippen LogP contribution in [-0.4, -0.2) is 12.1 Å². The van der Waals surface area contributed by atoms with Crippen LogP contribution in [0.25, 0.3) is 0 Å². The summed E-state index contributed by atoms with van der Waals surface area (Å²) < 4.78 is 0. The van der Waals surface area contributed by atoms with Crippen LogP contribution in [0.2, 0.25) is 0 Å². The van der Waals surface area contributed by atoms with Crippen molar-refractivity contribution < 1.29 is 9.59 Å².